The molecule has 30 heavy (non-hydrogen) atoms. The van der Waals surface area contributed by atoms with Gasteiger partial charge in [-0.05, 0) is 29.8 Å². The molecular weight excluding hydrogens is 403 g/mol. The first-order chi connectivity index (χ1) is 14.2. The second kappa shape index (κ2) is 7.29. The molecule has 3 N–H and O–H groups in total. The highest BCUT2D eigenvalue weighted by Crippen LogP contribution is 2.39. The Balaban J connectivity index is 1.66. The average molecular weight is 419 g/mol. The number of para-hydroxylation sites is 1. The maximum atomic E-state index is 13.3. The lowest BCUT2D eigenvalue weighted by molar-refractivity contribution is -0.137. The van der Waals surface area contributed by atoms with Gasteiger partial charge in [0.05, 0.1) is 17.3 Å². The number of rotatable bonds is 3. The summed E-state index contributed by atoms with van der Waals surface area (Å²) < 4.78 is 50.4. The molecule has 2 atom stereocenters. The maximum absolute atomic E-state index is 13.3. The van der Waals surface area contributed by atoms with E-state index in [2.05, 4.69) is 22.5 Å². The van der Waals surface area contributed by atoms with E-state index in [4.69, 9.17) is 9.47 Å². The van der Waals surface area contributed by atoms with Crippen LogP contribution in [0.3, 0.4) is 0 Å². The Bertz CT molecular complexity index is 1040. The first-order valence-corrected chi connectivity index (χ1v) is 8.87. The van der Waals surface area contributed by atoms with Gasteiger partial charge in [0, 0.05) is 5.70 Å². The molecule has 2 unspecified atom stereocenters. The minimum absolute atomic E-state index is 0.0439. The van der Waals surface area contributed by atoms with Gasteiger partial charge in [0.2, 0.25) is 12.7 Å². The molecule has 0 spiro atoms. The molecule has 2 heterocycles. The van der Waals surface area contributed by atoms with Crippen molar-refractivity contribution in [2.24, 2.45) is 5.92 Å². The van der Waals surface area contributed by atoms with Gasteiger partial charge in [-0.15, -0.1) is 0 Å². The summed E-state index contributed by atoms with van der Waals surface area (Å²) in [5, 5.41) is 7.35. The summed E-state index contributed by atoms with van der Waals surface area (Å²) >= 11 is 0. The Morgan fingerprint density at radius 3 is 2.63 bits per heavy atom. The Hall–Kier alpha value is -3.69. The van der Waals surface area contributed by atoms with Crippen molar-refractivity contribution < 1.29 is 32.2 Å². The van der Waals surface area contributed by atoms with E-state index in [1.165, 1.54) is 12.1 Å². The molecule has 2 aliphatic heterocycles. The number of carbonyl (C=O) groups is 2. The van der Waals surface area contributed by atoms with Crippen molar-refractivity contribution in [2.75, 3.05) is 12.1 Å². The van der Waals surface area contributed by atoms with Gasteiger partial charge in [-0.3, -0.25) is 4.79 Å². The molecule has 1 fully saturated rings. The number of carbonyl (C=O) groups excluding carboxylic acids is 2. The summed E-state index contributed by atoms with van der Waals surface area (Å²) in [6.45, 7) is 3.76. The van der Waals surface area contributed by atoms with E-state index >= 15 is 0 Å². The minimum atomic E-state index is -4.64. The maximum Gasteiger partial charge on any atom is 0.418 e. The van der Waals surface area contributed by atoms with Gasteiger partial charge in [-0.25, -0.2) is 4.79 Å². The molecule has 0 aromatic heterocycles. The predicted molar refractivity (Wildman–Crippen MR) is 99.7 cm³/mol. The quantitative estimate of drug-likeness (QED) is 0.710. The van der Waals surface area contributed by atoms with Crippen molar-refractivity contribution in [1.29, 1.82) is 0 Å². The molecule has 2 aliphatic rings. The average Bonchev–Trinajstić information content (AvgIpc) is 3.14. The molecule has 0 aliphatic carbocycles. The molecule has 4 rings (SSSR count). The highest BCUT2D eigenvalue weighted by atomic mass is 19.4. The molecule has 10 heteroatoms. The number of nitrogens with one attached hydrogen (secondary N) is 3. The zero-order valence-corrected chi connectivity index (χ0v) is 15.4. The third-order valence-corrected chi connectivity index (χ3v) is 4.80. The monoisotopic (exact) mass is 419 g/mol. The van der Waals surface area contributed by atoms with E-state index < -0.39 is 35.6 Å². The molecule has 0 saturated carbocycles. The normalized spacial score (nSPS) is 20.4. The zero-order chi connectivity index (χ0) is 21.5. The van der Waals surface area contributed by atoms with Crippen molar-refractivity contribution in [1.82, 2.24) is 10.6 Å². The predicted octanol–water partition coefficient (Wildman–Crippen LogP) is 3.56. The van der Waals surface area contributed by atoms with Gasteiger partial charge in [0.25, 0.3) is 0 Å². The lowest BCUT2D eigenvalue weighted by Gasteiger charge is -2.34. The van der Waals surface area contributed by atoms with Crippen molar-refractivity contribution in [2.45, 2.75) is 12.2 Å². The summed E-state index contributed by atoms with van der Waals surface area (Å²) in [6, 6.07) is 8.07. The van der Waals surface area contributed by atoms with Crippen LogP contribution >= 0.6 is 0 Å². The molecule has 3 amide bonds. The number of urea groups is 1. The zero-order valence-electron chi connectivity index (χ0n) is 15.4. The molecule has 2 aromatic carbocycles. The molecule has 0 radical (unpaired) electrons. The number of hydrogen-bond donors (Lipinski definition) is 3. The van der Waals surface area contributed by atoms with Crippen LogP contribution in [0.5, 0.6) is 11.5 Å². The SMILES string of the molecule is C=C1NC(=O)NC(c2ccc3c(c2)OCO3)C1C(=O)Nc1ccccc1C(F)(F)F. The van der Waals surface area contributed by atoms with Crippen LogP contribution in [0.25, 0.3) is 0 Å². The smallest absolute Gasteiger partial charge is 0.418 e. The van der Waals surface area contributed by atoms with Crippen LogP contribution in [0.1, 0.15) is 17.2 Å². The fourth-order valence-corrected chi connectivity index (χ4v) is 3.43. The van der Waals surface area contributed by atoms with E-state index in [-0.39, 0.29) is 18.2 Å². The highest BCUT2D eigenvalue weighted by Gasteiger charge is 2.40. The van der Waals surface area contributed by atoms with Crippen LogP contribution in [0, 0.1) is 5.92 Å². The molecule has 1 saturated heterocycles. The largest absolute Gasteiger partial charge is 0.454 e. The van der Waals surface area contributed by atoms with Gasteiger partial charge in [0.1, 0.15) is 5.92 Å². The number of benzene rings is 2. The standard InChI is InChI=1S/C20H16F3N3O4/c1-10-16(18(27)25-13-5-3-2-4-12(13)20(21,22)23)17(26-19(28)24-10)11-6-7-14-15(8-11)30-9-29-14/h2-8,16-17H,1,9H2,(H,25,27)(H2,24,26,28). The van der Waals surface area contributed by atoms with Gasteiger partial charge in [0.15, 0.2) is 11.5 Å². The Morgan fingerprint density at radius 1 is 1.13 bits per heavy atom. The summed E-state index contributed by atoms with van der Waals surface area (Å²) in [5.41, 5.74) is -0.788. The van der Waals surface area contributed by atoms with Crippen LogP contribution in [0.4, 0.5) is 23.7 Å². The van der Waals surface area contributed by atoms with Crippen LogP contribution in [-0.2, 0) is 11.0 Å². The van der Waals surface area contributed by atoms with Crippen LogP contribution in [-0.4, -0.2) is 18.7 Å². The Labute approximate surface area is 168 Å². The van der Waals surface area contributed by atoms with E-state index in [1.54, 1.807) is 18.2 Å². The van der Waals surface area contributed by atoms with Crippen molar-refractivity contribution >= 4 is 17.6 Å². The molecule has 156 valence electrons. The molecule has 2 aromatic rings. The third-order valence-electron chi connectivity index (χ3n) is 4.80. The second-order valence-corrected chi connectivity index (χ2v) is 6.72. The summed E-state index contributed by atoms with van der Waals surface area (Å²) in [7, 11) is 0. The van der Waals surface area contributed by atoms with Crippen LogP contribution < -0.4 is 25.4 Å². The van der Waals surface area contributed by atoms with Crippen LogP contribution in [0.2, 0.25) is 0 Å². The van der Waals surface area contributed by atoms with E-state index in [0.29, 0.717) is 17.1 Å². The van der Waals surface area contributed by atoms with E-state index in [1.807, 2.05) is 0 Å². The topological polar surface area (TPSA) is 88.7 Å². The summed E-state index contributed by atoms with van der Waals surface area (Å²) in [5.74, 6) is -0.887. The number of ether oxygens (including phenoxy) is 2. The van der Waals surface area contributed by atoms with E-state index in [0.717, 1.165) is 12.1 Å². The summed E-state index contributed by atoms with van der Waals surface area (Å²) in [6.07, 6.45) is -4.64. The second-order valence-electron chi connectivity index (χ2n) is 6.72. The van der Waals surface area contributed by atoms with E-state index in [9.17, 15) is 22.8 Å². The fourth-order valence-electron chi connectivity index (χ4n) is 3.43. The van der Waals surface area contributed by atoms with Gasteiger partial charge < -0.3 is 25.4 Å². The number of fused-ring (bicyclic) bond motifs is 1. The van der Waals surface area contributed by atoms with Gasteiger partial charge in [-0.1, -0.05) is 24.8 Å². The Morgan fingerprint density at radius 2 is 1.87 bits per heavy atom. The Kier molecular flexibility index (Phi) is 4.76. The number of amides is 3. The fraction of sp³-hybridized carbons (Fsp3) is 0.200. The lowest BCUT2D eigenvalue weighted by Crippen LogP contribution is -2.51. The van der Waals surface area contributed by atoms with Gasteiger partial charge >= 0.3 is 12.2 Å². The molecule has 7 nitrogen and oxygen atoms in total. The molecule has 0 bridgehead atoms. The lowest BCUT2D eigenvalue weighted by atomic mass is 9.88. The molecular formula is C20H16F3N3O4. The summed E-state index contributed by atoms with van der Waals surface area (Å²) in [4.78, 5) is 25.0. The van der Waals surface area contributed by atoms with Crippen molar-refractivity contribution in [3.63, 3.8) is 0 Å². The van der Waals surface area contributed by atoms with Crippen LogP contribution in [0.15, 0.2) is 54.7 Å². The first kappa shape index (κ1) is 19.6. The number of alkyl halides is 3. The number of anilines is 1. The van der Waals surface area contributed by atoms with Gasteiger partial charge in [-0.2, -0.15) is 13.2 Å². The van der Waals surface area contributed by atoms with Crippen molar-refractivity contribution in [3.8, 4) is 11.5 Å². The third kappa shape index (κ3) is 3.63. The van der Waals surface area contributed by atoms with Crippen molar-refractivity contribution in [3.05, 3.63) is 65.9 Å². The minimum Gasteiger partial charge on any atom is -0.454 e. The highest BCUT2D eigenvalue weighted by molar-refractivity contribution is 5.97. The number of halogens is 3. The number of hydrogen-bond acceptors (Lipinski definition) is 4. The first-order valence-electron chi connectivity index (χ1n) is 8.87.